The van der Waals surface area contributed by atoms with Crippen LogP contribution in [-0.2, 0) is 0 Å². The molecule has 8 heterocycles. The van der Waals surface area contributed by atoms with Gasteiger partial charge >= 0.3 is 0 Å². The second kappa shape index (κ2) is 18.4. The molecule has 0 saturated carbocycles. The van der Waals surface area contributed by atoms with Gasteiger partial charge in [-0.2, -0.15) is 25.1 Å². The van der Waals surface area contributed by atoms with E-state index in [9.17, 15) is 31.5 Å². The van der Waals surface area contributed by atoms with Gasteiger partial charge in [-0.25, -0.2) is 45.9 Å². The number of likely N-dealkylation sites (tertiary alicyclic amines) is 2. The van der Waals surface area contributed by atoms with Gasteiger partial charge in [0.15, 0.2) is 16.7 Å². The van der Waals surface area contributed by atoms with Crippen molar-refractivity contribution in [2.75, 3.05) is 40.4 Å². The van der Waals surface area contributed by atoms with E-state index in [1.807, 2.05) is 13.8 Å². The molecular weight excluding hydrogens is 890 g/mol. The maximum Gasteiger partial charge on any atom is 0.280 e. The number of rotatable bonds is 8. The first-order valence-electron chi connectivity index (χ1n) is 19.0. The van der Waals surface area contributed by atoms with Crippen LogP contribution in [0.3, 0.4) is 0 Å². The van der Waals surface area contributed by atoms with Crippen molar-refractivity contribution in [1.82, 2.24) is 58.9 Å². The third-order valence-corrected chi connectivity index (χ3v) is 11.6. The molecule has 0 radical (unpaired) electrons. The zero-order chi connectivity index (χ0) is 44.6. The molecule has 0 N–H and O–H groups in total. The zero-order valence-electron chi connectivity index (χ0n) is 33.2. The summed E-state index contributed by atoms with van der Waals surface area (Å²) in [6, 6.07) is 5.17. The van der Waals surface area contributed by atoms with Gasteiger partial charge in [-0.15, -0.1) is 0 Å². The van der Waals surface area contributed by atoms with E-state index >= 15 is 0 Å². The van der Waals surface area contributed by atoms with Crippen molar-refractivity contribution in [3.63, 3.8) is 0 Å². The molecular formula is C38H36Cl3F5N12O4. The topological polar surface area (TPSA) is 171 Å². The molecule has 0 spiro atoms. The third-order valence-electron chi connectivity index (χ3n) is 11.0. The van der Waals surface area contributed by atoms with E-state index < -0.39 is 30.3 Å². The Bertz CT molecular complexity index is 2640. The molecule has 62 heavy (non-hydrogen) atoms. The van der Waals surface area contributed by atoms with E-state index in [2.05, 4.69) is 40.1 Å². The molecule has 0 bridgehead atoms. The highest BCUT2D eigenvalue weighted by molar-refractivity contribution is 6.34. The summed E-state index contributed by atoms with van der Waals surface area (Å²) in [5.74, 6) is -2.38. The molecule has 24 heteroatoms. The molecule has 328 valence electrons. The lowest BCUT2D eigenvalue weighted by Crippen LogP contribution is -2.43. The number of amides is 2. The lowest BCUT2D eigenvalue weighted by Gasteiger charge is -2.37. The number of methoxy groups -OCH3 is 2. The summed E-state index contributed by atoms with van der Waals surface area (Å²) in [6.45, 7) is 5.27. The summed E-state index contributed by atoms with van der Waals surface area (Å²) >= 11 is 18.0. The van der Waals surface area contributed by atoms with Crippen LogP contribution >= 0.6 is 34.8 Å². The van der Waals surface area contributed by atoms with Crippen LogP contribution in [0.4, 0.5) is 22.0 Å². The van der Waals surface area contributed by atoms with Crippen molar-refractivity contribution >= 4 is 58.2 Å². The molecule has 6 aromatic heterocycles. The van der Waals surface area contributed by atoms with Gasteiger partial charge in [-0.3, -0.25) is 9.59 Å². The Kier molecular flexibility index (Phi) is 13.2. The number of hydrogen-bond donors (Lipinski definition) is 0. The van der Waals surface area contributed by atoms with Crippen LogP contribution in [0.25, 0.3) is 11.6 Å². The highest BCUT2D eigenvalue weighted by atomic mass is 35.5. The van der Waals surface area contributed by atoms with Gasteiger partial charge in [0.05, 0.1) is 36.7 Å². The Morgan fingerprint density at radius 1 is 0.694 bits per heavy atom. The van der Waals surface area contributed by atoms with Crippen LogP contribution in [0.2, 0.25) is 15.5 Å². The van der Waals surface area contributed by atoms with Gasteiger partial charge in [0, 0.05) is 38.0 Å². The normalized spacial score (nSPS) is 19.3. The standard InChI is InChI=1S/C19H18Cl2F2N6O2.C19H18ClF3N6O2/c1-9-3-4-28(18(30)10-5-14(20)27-16(21)15(10)31-2)7-11(9)13-6-12(17(22)23)26-19-24-8-25-29(13)19;1-9-3-4-28(18(30)10-5-14(20)27-17(31-2)15(10)21)7-11(9)13-6-12(16(22)23)26-19-24-8-25-29(13)19/h5-6,8-9,11,17H,3-4,7H2,1-2H3;5-6,8-9,11,16H,3-4,7H2,1-2H3/t2*9-,11-/m11/s1. The van der Waals surface area contributed by atoms with E-state index in [0.29, 0.717) is 37.3 Å². The number of aromatic nitrogens is 10. The number of piperidine rings is 2. The molecule has 2 amide bonds. The summed E-state index contributed by atoms with van der Waals surface area (Å²) in [6.07, 6.45) is -1.79. The summed E-state index contributed by atoms with van der Waals surface area (Å²) in [7, 11) is 2.61. The average molecular weight is 926 g/mol. The van der Waals surface area contributed by atoms with Gasteiger partial charge < -0.3 is 19.3 Å². The summed E-state index contributed by atoms with van der Waals surface area (Å²) in [5.41, 5.74) is 0.131. The van der Waals surface area contributed by atoms with Crippen molar-refractivity contribution in [2.24, 2.45) is 11.8 Å². The lowest BCUT2D eigenvalue weighted by atomic mass is 9.84. The van der Waals surface area contributed by atoms with Crippen LogP contribution in [0, 0.1) is 17.7 Å². The van der Waals surface area contributed by atoms with Crippen molar-refractivity contribution in [3.05, 3.63) is 92.1 Å². The maximum atomic E-state index is 14.7. The summed E-state index contributed by atoms with van der Waals surface area (Å²) in [4.78, 5) is 52.7. The molecule has 16 nitrogen and oxygen atoms in total. The minimum Gasteiger partial charge on any atom is -0.493 e. The van der Waals surface area contributed by atoms with Gasteiger partial charge in [0.25, 0.3) is 42.1 Å². The Labute approximate surface area is 364 Å². The second-order valence-corrected chi connectivity index (χ2v) is 15.8. The van der Waals surface area contributed by atoms with Crippen molar-refractivity contribution < 1.29 is 41.0 Å². The summed E-state index contributed by atoms with van der Waals surface area (Å²) < 4.78 is 81.1. The number of alkyl halides is 4. The van der Waals surface area contributed by atoms with Crippen LogP contribution in [0.5, 0.6) is 11.6 Å². The maximum absolute atomic E-state index is 14.7. The molecule has 8 rings (SSSR count). The zero-order valence-corrected chi connectivity index (χ0v) is 35.5. The predicted molar refractivity (Wildman–Crippen MR) is 213 cm³/mol. The van der Waals surface area contributed by atoms with Crippen LogP contribution < -0.4 is 9.47 Å². The first-order chi connectivity index (χ1) is 29.6. The smallest absolute Gasteiger partial charge is 0.280 e. The molecule has 0 aromatic carbocycles. The molecule has 2 fully saturated rings. The monoisotopic (exact) mass is 924 g/mol. The molecule has 2 aliphatic rings. The highest BCUT2D eigenvalue weighted by Crippen LogP contribution is 2.38. The van der Waals surface area contributed by atoms with E-state index in [1.54, 1.807) is 4.90 Å². The van der Waals surface area contributed by atoms with Crippen LogP contribution in [0.1, 0.15) is 94.9 Å². The van der Waals surface area contributed by atoms with Crippen molar-refractivity contribution in [3.8, 4) is 11.6 Å². The van der Waals surface area contributed by atoms with Crippen molar-refractivity contribution in [1.29, 1.82) is 0 Å². The molecule has 2 saturated heterocycles. The van der Waals surface area contributed by atoms with Gasteiger partial charge in [-0.1, -0.05) is 48.7 Å². The SMILES string of the molecule is COc1c(C(=O)N2CC[C@@H](C)[C@H](c3cc(C(F)F)nc4ncnn34)C2)cc(Cl)nc1Cl.COc1nc(Cl)cc(C(=O)N2CC[C@@H](C)[C@H](c3cc(C(F)F)nc4ncnn34)C2)c1F. The largest absolute Gasteiger partial charge is 0.493 e. The number of carbonyl (C=O) groups is 2. The van der Waals surface area contributed by atoms with Gasteiger partial charge in [0.2, 0.25) is 0 Å². The number of fused-ring (bicyclic) bond motifs is 2. The van der Waals surface area contributed by atoms with Gasteiger partial charge in [-0.05, 0) is 48.9 Å². The summed E-state index contributed by atoms with van der Waals surface area (Å²) in [5, 5.41) is 8.21. The number of hydrogen-bond acceptors (Lipinski definition) is 12. The fourth-order valence-electron chi connectivity index (χ4n) is 7.67. The minimum atomic E-state index is -2.78. The first-order valence-corrected chi connectivity index (χ1v) is 20.1. The fraction of sp³-hybridized carbons (Fsp3) is 0.421. The minimum absolute atomic E-state index is 0.0136. The molecule has 0 aliphatic carbocycles. The van der Waals surface area contributed by atoms with Crippen LogP contribution in [-0.4, -0.2) is 111 Å². The molecule has 4 atom stereocenters. The highest BCUT2D eigenvalue weighted by Gasteiger charge is 2.36. The number of ether oxygens (including phenoxy) is 2. The average Bonchev–Trinajstić information content (AvgIpc) is 3.94. The molecule has 6 aromatic rings. The quantitative estimate of drug-likeness (QED) is 0.109. The number of carbonyl (C=O) groups excluding carboxylic acids is 2. The second-order valence-electron chi connectivity index (χ2n) is 14.6. The molecule has 2 aliphatic heterocycles. The number of nitrogens with zero attached hydrogens (tertiary/aromatic N) is 12. The Morgan fingerprint density at radius 3 is 1.63 bits per heavy atom. The van der Waals surface area contributed by atoms with E-state index in [1.165, 1.54) is 59.0 Å². The first kappa shape index (κ1) is 44.5. The Balaban J connectivity index is 0.000000186. The van der Waals surface area contributed by atoms with E-state index in [-0.39, 0.29) is 98.1 Å². The van der Waals surface area contributed by atoms with Crippen molar-refractivity contribution in [2.45, 2.75) is 51.4 Å². The van der Waals surface area contributed by atoms with E-state index in [4.69, 9.17) is 44.3 Å². The number of pyridine rings is 2. The van der Waals surface area contributed by atoms with Gasteiger partial charge in [0.1, 0.15) is 34.3 Å². The third kappa shape index (κ3) is 8.87. The van der Waals surface area contributed by atoms with E-state index in [0.717, 1.165) is 6.07 Å². The Hall–Kier alpha value is -5.54. The molecule has 0 unspecified atom stereocenters. The number of halogens is 8. The predicted octanol–water partition coefficient (Wildman–Crippen LogP) is 7.56. The van der Waals surface area contributed by atoms with Crippen LogP contribution in [0.15, 0.2) is 36.9 Å². The lowest BCUT2D eigenvalue weighted by molar-refractivity contribution is 0.0653. The fourth-order valence-corrected chi connectivity index (χ4v) is 8.36. The Morgan fingerprint density at radius 2 is 1.16 bits per heavy atom.